The third-order valence-electron chi connectivity index (χ3n) is 4.26. The van der Waals surface area contributed by atoms with E-state index in [0.29, 0.717) is 18.4 Å². The fourth-order valence-corrected chi connectivity index (χ4v) is 4.04. The van der Waals surface area contributed by atoms with E-state index in [1.165, 1.54) is 23.3 Å². The van der Waals surface area contributed by atoms with Gasteiger partial charge in [-0.2, -0.15) is 0 Å². The van der Waals surface area contributed by atoms with Crippen LogP contribution in [0.2, 0.25) is 0 Å². The van der Waals surface area contributed by atoms with Crippen LogP contribution in [0.1, 0.15) is 30.2 Å². The molecule has 0 aliphatic carbocycles. The molecule has 1 fully saturated rings. The summed E-state index contributed by atoms with van der Waals surface area (Å²) in [7, 11) is 0. The van der Waals surface area contributed by atoms with E-state index in [9.17, 15) is 4.79 Å². The molecule has 1 unspecified atom stereocenters. The van der Waals surface area contributed by atoms with Gasteiger partial charge in [0.05, 0.1) is 6.54 Å². The van der Waals surface area contributed by atoms with Crippen LogP contribution in [0.25, 0.3) is 0 Å². The van der Waals surface area contributed by atoms with Gasteiger partial charge >= 0.3 is 0 Å². The highest BCUT2D eigenvalue weighted by Crippen LogP contribution is 2.24. The average molecular weight is 278 g/mol. The highest BCUT2D eigenvalue weighted by Gasteiger charge is 2.24. The van der Waals surface area contributed by atoms with Gasteiger partial charge in [-0.1, -0.05) is 6.92 Å². The second kappa shape index (κ2) is 5.63. The molecule has 0 bridgehead atoms. The van der Waals surface area contributed by atoms with Crippen LogP contribution in [-0.2, 0) is 17.8 Å². The van der Waals surface area contributed by atoms with Crippen LogP contribution in [0.3, 0.4) is 0 Å². The first kappa shape index (κ1) is 13.1. The van der Waals surface area contributed by atoms with Crippen molar-refractivity contribution in [1.29, 1.82) is 0 Å². The Morgan fingerprint density at radius 3 is 3.21 bits per heavy atom. The van der Waals surface area contributed by atoms with Gasteiger partial charge in [0.15, 0.2) is 0 Å². The zero-order chi connectivity index (χ0) is 13.2. The topological polar surface area (TPSA) is 23.6 Å². The second-order valence-corrected chi connectivity index (χ2v) is 6.92. The van der Waals surface area contributed by atoms with Crippen LogP contribution in [0.5, 0.6) is 0 Å². The maximum atomic E-state index is 12.3. The summed E-state index contributed by atoms with van der Waals surface area (Å²) in [5.41, 5.74) is 1.43. The molecule has 3 nitrogen and oxygen atoms in total. The lowest BCUT2D eigenvalue weighted by Crippen LogP contribution is -2.45. The summed E-state index contributed by atoms with van der Waals surface area (Å²) in [6.07, 6.45) is 3.55. The molecule has 0 spiro atoms. The minimum Gasteiger partial charge on any atom is -0.341 e. The highest BCUT2D eigenvalue weighted by molar-refractivity contribution is 7.10. The zero-order valence-electron chi connectivity index (χ0n) is 11.6. The van der Waals surface area contributed by atoms with Crippen molar-refractivity contribution >= 4 is 17.2 Å². The molecular formula is C15H22N2OS. The number of hydrogen-bond donors (Lipinski definition) is 0. The molecule has 104 valence electrons. The highest BCUT2D eigenvalue weighted by atomic mass is 32.1. The van der Waals surface area contributed by atoms with Crippen molar-refractivity contribution < 1.29 is 4.79 Å². The molecule has 3 heterocycles. The van der Waals surface area contributed by atoms with Crippen molar-refractivity contribution in [1.82, 2.24) is 9.80 Å². The number of fused-ring (bicyclic) bond motifs is 1. The van der Waals surface area contributed by atoms with Crippen LogP contribution in [0.15, 0.2) is 11.4 Å². The minimum atomic E-state index is 0.324. The largest absolute Gasteiger partial charge is 0.341 e. The second-order valence-electron chi connectivity index (χ2n) is 5.92. The molecule has 1 aromatic heterocycles. The summed E-state index contributed by atoms with van der Waals surface area (Å²) < 4.78 is 0. The van der Waals surface area contributed by atoms with Gasteiger partial charge in [-0.25, -0.2) is 0 Å². The number of hydrogen-bond acceptors (Lipinski definition) is 3. The molecule has 2 aliphatic rings. The third-order valence-corrected chi connectivity index (χ3v) is 5.28. The van der Waals surface area contributed by atoms with Crippen molar-refractivity contribution in [3.8, 4) is 0 Å². The van der Waals surface area contributed by atoms with E-state index in [-0.39, 0.29) is 0 Å². The van der Waals surface area contributed by atoms with Crippen LogP contribution >= 0.6 is 11.3 Å². The maximum Gasteiger partial charge on any atom is 0.236 e. The van der Waals surface area contributed by atoms with E-state index in [0.717, 1.165) is 32.6 Å². The summed E-state index contributed by atoms with van der Waals surface area (Å²) in [5, 5.41) is 2.17. The summed E-state index contributed by atoms with van der Waals surface area (Å²) in [6, 6.07) is 2.21. The van der Waals surface area contributed by atoms with Crippen LogP contribution in [0.4, 0.5) is 0 Å². The van der Waals surface area contributed by atoms with Crippen LogP contribution in [0, 0.1) is 5.92 Å². The number of likely N-dealkylation sites (tertiary alicyclic amines) is 1. The molecule has 2 aliphatic heterocycles. The normalized spacial score (nSPS) is 24.3. The fourth-order valence-electron chi connectivity index (χ4n) is 3.15. The van der Waals surface area contributed by atoms with E-state index >= 15 is 0 Å². The molecule has 1 aromatic rings. The van der Waals surface area contributed by atoms with Gasteiger partial charge in [0.1, 0.15) is 0 Å². The molecule has 0 radical (unpaired) electrons. The van der Waals surface area contributed by atoms with Crippen molar-refractivity contribution in [2.75, 3.05) is 26.2 Å². The quantitative estimate of drug-likeness (QED) is 0.829. The first-order valence-electron chi connectivity index (χ1n) is 7.28. The predicted octanol–water partition coefficient (Wildman–Crippen LogP) is 2.36. The number of carbonyl (C=O) groups excluding carboxylic acids is 1. The lowest BCUT2D eigenvalue weighted by Gasteiger charge is -2.34. The van der Waals surface area contributed by atoms with Gasteiger partial charge < -0.3 is 4.90 Å². The molecule has 1 atom stereocenters. The Morgan fingerprint density at radius 2 is 2.37 bits per heavy atom. The van der Waals surface area contributed by atoms with Crippen molar-refractivity contribution in [2.24, 2.45) is 5.92 Å². The van der Waals surface area contributed by atoms with Gasteiger partial charge in [0.25, 0.3) is 0 Å². The Labute approximate surface area is 119 Å². The van der Waals surface area contributed by atoms with Gasteiger partial charge in [0, 0.05) is 31.1 Å². The van der Waals surface area contributed by atoms with E-state index in [1.807, 2.05) is 11.3 Å². The number of nitrogens with zero attached hydrogens (tertiary/aromatic N) is 2. The average Bonchev–Trinajstić information content (AvgIpc) is 2.86. The van der Waals surface area contributed by atoms with E-state index < -0.39 is 0 Å². The van der Waals surface area contributed by atoms with Crippen LogP contribution < -0.4 is 0 Å². The lowest BCUT2D eigenvalue weighted by molar-refractivity contribution is -0.134. The molecule has 0 N–H and O–H groups in total. The molecule has 1 amide bonds. The Balaban J connectivity index is 1.56. The number of rotatable bonds is 2. The first-order valence-corrected chi connectivity index (χ1v) is 8.15. The van der Waals surface area contributed by atoms with Gasteiger partial charge in [-0.3, -0.25) is 9.69 Å². The van der Waals surface area contributed by atoms with E-state index in [2.05, 4.69) is 28.2 Å². The van der Waals surface area contributed by atoms with Crippen molar-refractivity contribution in [2.45, 2.75) is 32.7 Å². The summed E-state index contributed by atoms with van der Waals surface area (Å²) in [4.78, 5) is 18.2. The molecule has 19 heavy (non-hydrogen) atoms. The number of piperidine rings is 1. The maximum absolute atomic E-state index is 12.3. The molecule has 0 aromatic carbocycles. The number of thiophene rings is 1. The van der Waals surface area contributed by atoms with E-state index in [1.54, 1.807) is 0 Å². The first-order chi connectivity index (χ1) is 9.22. The third kappa shape index (κ3) is 3.00. The number of amides is 1. The Kier molecular flexibility index (Phi) is 3.89. The summed E-state index contributed by atoms with van der Waals surface area (Å²) in [6.45, 7) is 6.74. The smallest absolute Gasteiger partial charge is 0.236 e. The predicted molar refractivity (Wildman–Crippen MR) is 78.3 cm³/mol. The minimum absolute atomic E-state index is 0.324. The SMILES string of the molecule is CC1CCCN(C(=O)CN2CCc3sccc3C2)C1. The number of carbonyl (C=O) groups is 1. The Bertz CT molecular complexity index is 457. The zero-order valence-corrected chi connectivity index (χ0v) is 12.4. The molecule has 4 heteroatoms. The molecule has 1 saturated heterocycles. The molecular weight excluding hydrogens is 256 g/mol. The molecule has 0 saturated carbocycles. The van der Waals surface area contributed by atoms with E-state index in [4.69, 9.17) is 0 Å². The Morgan fingerprint density at radius 1 is 1.47 bits per heavy atom. The lowest BCUT2D eigenvalue weighted by atomic mass is 10.0. The summed E-state index contributed by atoms with van der Waals surface area (Å²) in [5.74, 6) is 0.993. The standard InChI is InChI=1S/C15H22N2OS/c1-12-3-2-6-17(9-12)15(18)11-16-7-4-14-13(10-16)5-8-19-14/h5,8,12H,2-4,6-7,9-11H2,1H3. The monoisotopic (exact) mass is 278 g/mol. The van der Waals surface area contributed by atoms with Crippen molar-refractivity contribution in [3.63, 3.8) is 0 Å². The fraction of sp³-hybridized carbons (Fsp3) is 0.667. The van der Waals surface area contributed by atoms with Gasteiger partial charge in [-0.15, -0.1) is 11.3 Å². The summed E-state index contributed by atoms with van der Waals surface area (Å²) >= 11 is 1.85. The van der Waals surface area contributed by atoms with Gasteiger partial charge in [0.2, 0.25) is 5.91 Å². The molecule has 3 rings (SSSR count). The van der Waals surface area contributed by atoms with Crippen LogP contribution in [-0.4, -0.2) is 41.9 Å². The van der Waals surface area contributed by atoms with Gasteiger partial charge in [-0.05, 0) is 42.2 Å². The Hall–Kier alpha value is -0.870. The van der Waals surface area contributed by atoms with Crippen molar-refractivity contribution in [3.05, 3.63) is 21.9 Å².